The van der Waals surface area contributed by atoms with Crippen LogP contribution in [0.2, 0.25) is 0 Å². The van der Waals surface area contributed by atoms with Gasteiger partial charge in [0.2, 0.25) is 0 Å². The van der Waals surface area contributed by atoms with E-state index in [4.69, 9.17) is 11.2 Å². The maximum absolute atomic E-state index is 11.6. The zero-order chi connectivity index (χ0) is 27.9. The second kappa shape index (κ2) is 14.6. The minimum atomic E-state index is -0.327. The lowest BCUT2D eigenvalue weighted by Gasteiger charge is -2.14. The molecule has 0 atom stereocenters. The number of anilines is 1. The summed E-state index contributed by atoms with van der Waals surface area (Å²) >= 11 is 0. The van der Waals surface area contributed by atoms with Crippen LogP contribution < -0.4 is 9.64 Å². The van der Waals surface area contributed by atoms with E-state index in [1.165, 1.54) is 31.4 Å². The molecule has 4 rings (SSSR count). The molecule has 186 valence electrons. The number of terminal acetylenes is 1. The van der Waals surface area contributed by atoms with E-state index in [2.05, 4.69) is 41.4 Å². The normalized spacial score (nSPS) is 12.4. The number of benzene rings is 2. The molecule has 4 amide bonds. The number of hydrogen-bond acceptors (Lipinski definition) is 5. The van der Waals surface area contributed by atoms with E-state index in [0.717, 1.165) is 21.1 Å². The molecule has 38 heavy (non-hydrogen) atoms. The molecule has 2 aromatic carbocycles. The molecule has 2 heterocycles. The lowest BCUT2D eigenvalue weighted by atomic mass is 10.2. The third kappa shape index (κ3) is 8.79. The van der Waals surface area contributed by atoms with Crippen LogP contribution in [0.15, 0.2) is 72.8 Å². The Balaban J connectivity index is 0.000000246. The number of amides is 4. The zero-order valence-electron chi connectivity index (χ0n) is 20.9. The van der Waals surface area contributed by atoms with Gasteiger partial charge in [-0.05, 0) is 85.8 Å². The molecule has 0 aromatic heterocycles. The molecule has 0 saturated carbocycles. The third-order valence-corrected chi connectivity index (χ3v) is 4.64. The Hall–Kier alpha value is -5.76. The number of ether oxygens (including phenoxy) is 1. The van der Waals surface area contributed by atoms with Crippen molar-refractivity contribution in [3.63, 3.8) is 0 Å². The first-order valence-electron chi connectivity index (χ1n) is 11.0. The molecule has 0 fully saturated rings. The van der Waals surface area contributed by atoms with Crippen molar-refractivity contribution in [1.29, 1.82) is 0 Å². The highest BCUT2D eigenvalue weighted by Gasteiger charge is 2.24. The molecule has 2 aromatic rings. The van der Waals surface area contributed by atoms with Crippen molar-refractivity contribution in [1.82, 2.24) is 4.90 Å². The van der Waals surface area contributed by atoms with E-state index < -0.39 is 0 Å². The molecule has 0 aliphatic carbocycles. The molecule has 0 bridgehead atoms. The third-order valence-electron chi connectivity index (χ3n) is 4.64. The topological polar surface area (TPSA) is 84.0 Å². The van der Waals surface area contributed by atoms with Crippen molar-refractivity contribution in [3.05, 3.63) is 78.4 Å². The van der Waals surface area contributed by atoms with Crippen LogP contribution >= 0.6 is 0 Å². The smallest absolute Gasteiger partial charge is 0.258 e. The van der Waals surface area contributed by atoms with Crippen LogP contribution in [0.4, 0.5) is 5.69 Å². The number of nitrogens with zero attached hydrogens (tertiary/aromatic N) is 2. The van der Waals surface area contributed by atoms with Gasteiger partial charge in [-0.3, -0.25) is 24.1 Å². The van der Waals surface area contributed by atoms with Crippen molar-refractivity contribution in [2.24, 2.45) is 0 Å². The summed E-state index contributed by atoms with van der Waals surface area (Å²) in [5.74, 6) is 17.2. The number of rotatable bonds is 3. The summed E-state index contributed by atoms with van der Waals surface area (Å²) in [4.78, 5) is 46.1. The molecule has 7 heteroatoms. The van der Waals surface area contributed by atoms with Gasteiger partial charge in [-0.1, -0.05) is 23.6 Å². The van der Waals surface area contributed by atoms with Crippen LogP contribution in [0.1, 0.15) is 12.5 Å². The second-order valence-electron chi connectivity index (χ2n) is 7.34. The first kappa shape index (κ1) is 28.5. The standard InChI is InChI=1S/C17H13NO3.C9H4.C5H5NO2/c1-12-2-6-14(7-3-12)21-15-8-4-13(5-9-15)18-16(19)10-11-17(18)20;1-3-5-7-9-8-6-4-2;1-6-4(7)2-3-5(6)8/h2-11H,1H3;1H,2H3;2-3H,1H3. The van der Waals surface area contributed by atoms with Gasteiger partial charge >= 0.3 is 0 Å². The number of carbonyl (C=O) groups is 4. The molecule has 0 saturated heterocycles. The highest BCUT2D eigenvalue weighted by atomic mass is 16.5. The summed E-state index contributed by atoms with van der Waals surface area (Å²) in [5, 5.41) is 0. The molecule has 0 spiro atoms. The van der Waals surface area contributed by atoms with Crippen molar-refractivity contribution in [3.8, 4) is 59.4 Å². The molecule has 0 N–H and O–H groups in total. The van der Waals surface area contributed by atoms with E-state index in [0.29, 0.717) is 11.4 Å². The molecule has 7 nitrogen and oxygen atoms in total. The quantitative estimate of drug-likeness (QED) is 0.475. The largest absolute Gasteiger partial charge is 0.457 e. The Bertz CT molecular complexity index is 1470. The van der Waals surface area contributed by atoms with Gasteiger partial charge in [0.15, 0.2) is 0 Å². The Morgan fingerprint density at radius 2 is 1.11 bits per heavy atom. The predicted molar refractivity (Wildman–Crippen MR) is 144 cm³/mol. The highest BCUT2D eigenvalue weighted by Crippen LogP contribution is 2.26. The minimum Gasteiger partial charge on any atom is -0.457 e. The number of aryl methyl sites for hydroxylation is 1. The van der Waals surface area contributed by atoms with Gasteiger partial charge in [-0.15, -0.1) is 6.42 Å². The lowest BCUT2D eigenvalue weighted by molar-refractivity contribution is -0.135. The fraction of sp³-hybridized carbons (Fsp3) is 0.0968. The van der Waals surface area contributed by atoms with Gasteiger partial charge in [0.05, 0.1) is 5.69 Å². The summed E-state index contributed by atoms with van der Waals surface area (Å²) in [6, 6.07) is 14.6. The van der Waals surface area contributed by atoms with Gasteiger partial charge in [0.1, 0.15) is 11.5 Å². The van der Waals surface area contributed by atoms with Crippen molar-refractivity contribution in [2.75, 3.05) is 11.9 Å². The highest BCUT2D eigenvalue weighted by molar-refractivity contribution is 6.28. The SMILES string of the molecule is C#CC#CC#CC#CC.CN1C(=O)C=CC1=O.Cc1ccc(Oc2ccc(N3C(=O)C=CC3=O)cc2)cc1. The van der Waals surface area contributed by atoms with Gasteiger partial charge in [0, 0.05) is 31.4 Å². The van der Waals surface area contributed by atoms with Crippen LogP contribution in [0.5, 0.6) is 11.5 Å². The molecule has 0 unspecified atom stereocenters. The van der Waals surface area contributed by atoms with Crippen LogP contribution in [0, 0.1) is 54.8 Å². The molecular formula is C31H22N2O5. The van der Waals surface area contributed by atoms with E-state index in [-0.39, 0.29) is 23.6 Å². The summed E-state index contributed by atoms with van der Waals surface area (Å²) in [6.07, 6.45) is 9.85. The fourth-order valence-corrected chi connectivity index (χ4v) is 2.73. The van der Waals surface area contributed by atoms with Crippen LogP contribution in [0.3, 0.4) is 0 Å². The van der Waals surface area contributed by atoms with E-state index in [1.807, 2.05) is 31.2 Å². The Labute approximate surface area is 221 Å². The van der Waals surface area contributed by atoms with E-state index in [1.54, 1.807) is 31.2 Å². The number of hydrogen-bond donors (Lipinski definition) is 0. The monoisotopic (exact) mass is 502 g/mol. The molecule has 0 radical (unpaired) electrons. The number of carbonyl (C=O) groups excluding carboxylic acids is 4. The van der Waals surface area contributed by atoms with Crippen LogP contribution in [-0.4, -0.2) is 35.6 Å². The lowest BCUT2D eigenvalue weighted by Crippen LogP contribution is -2.29. The van der Waals surface area contributed by atoms with Crippen LogP contribution in [0.25, 0.3) is 0 Å². The van der Waals surface area contributed by atoms with E-state index in [9.17, 15) is 19.2 Å². The Morgan fingerprint density at radius 3 is 1.55 bits per heavy atom. The summed E-state index contributed by atoms with van der Waals surface area (Å²) in [7, 11) is 1.45. The predicted octanol–water partition coefficient (Wildman–Crippen LogP) is 3.41. The molecule has 2 aliphatic rings. The number of imide groups is 2. The summed E-state index contributed by atoms with van der Waals surface area (Å²) in [6.45, 7) is 3.72. The maximum atomic E-state index is 11.6. The number of likely N-dealkylation sites (N-methyl/N-ethyl adjacent to an activating group) is 1. The molecular weight excluding hydrogens is 480 g/mol. The average molecular weight is 503 g/mol. The van der Waals surface area contributed by atoms with Crippen molar-refractivity contribution < 1.29 is 23.9 Å². The zero-order valence-corrected chi connectivity index (χ0v) is 20.9. The first-order valence-corrected chi connectivity index (χ1v) is 11.0. The summed E-state index contributed by atoms with van der Waals surface area (Å²) in [5.41, 5.74) is 1.70. The van der Waals surface area contributed by atoms with Crippen molar-refractivity contribution >= 4 is 29.3 Å². The van der Waals surface area contributed by atoms with Gasteiger partial charge in [0.25, 0.3) is 23.6 Å². The maximum Gasteiger partial charge on any atom is 0.258 e. The van der Waals surface area contributed by atoms with Gasteiger partial charge in [-0.2, -0.15) is 0 Å². The first-order chi connectivity index (χ1) is 18.3. The average Bonchev–Trinajstić information content (AvgIpc) is 3.41. The molecule has 2 aliphatic heterocycles. The Morgan fingerprint density at radius 1 is 0.658 bits per heavy atom. The Kier molecular flexibility index (Phi) is 10.9. The van der Waals surface area contributed by atoms with Crippen LogP contribution in [-0.2, 0) is 19.2 Å². The van der Waals surface area contributed by atoms with Gasteiger partial charge < -0.3 is 4.74 Å². The van der Waals surface area contributed by atoms with Gasteiger partial charge in [-0.25, -0.2) is 4.90 Å². The van der Waals surface area contributed by atoms with Crippen molar-refractivity contribution in [2.45, 2.75) is 13.8 Å². The second-order valence-corrected chi connectivity index (χ2v) is 7.34. The van der Waals surface area contributed by atoms with E-state index >= 15 is 0 Å². The minimum absolute atomic E-state index is 0.241. The fourth-order valence-electron chi connectivity index (χ4n) is 2.73. The summed E-state index contributed by atoms with van der Waals surface area (Å²) < 4.78 is 5.70.